The van der Waals surface area contributed by atoms with E-state index < -0.39 is 34.9 Å². The molecule has 1 saturated heterocycles. The molecule has 0 radical (unpaired) electrons. The Hall–Kier alpha value is -2.36. The molecule has 3 atom stereocenters. The van der Waals surface area contributed by atoms with Crippen molar-refractivity contribution in [3.63, 3.8) is 0 Å². The second kappa shape index (κ2) is 8.79. The molecule has 2 amide bonds. The van der Waals surface area contributed by atoms with Crippen molar-refractivity contribution in [2.24, 2.45) is 5.73 Å². The number of ether oxygens (including phenoxy) is 2. The molecule has 1 aromatic carbocycles. The molecule has 0 bridgehead atoms. The van der Waals surface area contributed by atoms with E-state index in [0.29, 0.717) is 11.3 Å². The lowest BCUT2D eigenvalue weighted by molar-refractivity contribution is -0.193. The van der Waals surface area contributed by atoms with Gasteiger partial charge in [0.2, 0.25) is 5.91 Å². The number of hydrogen-bond donors (Lipinski definition) is 2. The van der Waals surface area contributed by atoms with Crippen LogP contribution < -0.4 is 11.1 Å². The van der Waals surface area contributed by atoms with Crippen LogP contribution in [0.3, 0.4) is 0 Å². The number of carbonyl (C=O) groups excluding carboxylic acids is 3. The van der Waals surface area contributed by atoms with Gasteiger partial charge in [-0.2, -0.15) is 0 Å². The summed E-state index contributed by atoms with van der Waals surface area (Å²) < 4.78 is 10.3. The highest BCUT2D eigenvalue weighted by Crippen LogP contribution is 2.46. The SMILES string of the molecule is CCCc1cccc(C(N)C(=O)NC2(OC)C(=O)N3C(C(=O)OC)=C(C)CS[C@H]32)c1. The molecule has 1 fully saturated rings. The minimum atomic E-state index is -1.58. The van der Waals surface area contributed by atoms with Crippen LogP contribution in [0.25, 0.3) is 0 Å². The van der Waals surface area contributed by atoms with Crippen LogP contribution in [0.1, 0.15) is 37.4 Å². The maximum atomic E-state index is 13.0. The average Bonchev–Trinajstić information content (AvgIpc) is 2.76. The van der Waals surface area contributed by atoms with Gasteiger partial charge in [-0.05, 0) is 30.0 Å². The van der Waals surface area contributed by atoms with Crippen LogP contribution in [0.2, 0.25) is 0 Å². The summed E-state index contributed by atoms with van der Waals surface area (Å²) in [4.78, 5) is 39.5. The van der Waals surface area contributed by atoms with E-state index in [4.69, 9.17) is 15.2 Å². The van der Waals surface area contributed by atoms with Crippen LogP contribution in [0, 0.1) is 0 Å². The van der Waals surface area contributed by atoms with Crippen molar-refractivity contribution in [1.29, 1.82) is 0 Å². The molecular weight excluding hydrogens is 406 g/mol. The molecule has 2 aliphatic heterocycles. The fourth-order valence-corrected chi connectivity index (χ4v) is 5.15. The first-order valence-electron chi connectivity index (χ1n) is 9.75. The van der Waals surface area contributed by atoms with Gasteiger partial charge in [0.15, 0.2) is 0 Å². The van der Waals surface area contributed by atoms with Crippen LogP contribution in [0.15, 0.2) is 35.5 Å². The average molecular weight is 434 g/mol. The van der Waals surface area contributed by atoms with Gasteiger partial charge < -0.3 is 20.5 Å². The van der Waals surface area contributed by atoms with E-state index in [1.807, 2.05) is 18.2 Å². The third-order valence-electron chi connectivity index (χ3n) is 5.36. The second-order valence-electron chi connectivity index (χ2n) is 7.36. The van der Waals surface area contributed by atoms with Gasteiger partial charge in [0, 0.05) is 12.9 Å². The number of aryl methyl sites for hydroxylation is 1. The van der Waals surface area contributed by atoms with Crippen LogP contribution in [0.4, 0.5) is 0 Å². The molecule has 2 heterocycles. The number of fused-ring (bicyclic) bond motifs is 1. The molecule has 162 valence electrons. The number of rotatable bonds is 7. The summed E-state index contributed by atoms with van der Waals surface area (Å²) >= 11 is 1.41. The van der Waals surface area contributed by atoms with Gasteiger partial charge >= 0.3 is 5.97 Å². The Labute approximate surface area is 180 Å². The molecule has 0 spiro atoms. The summed E-state index contributed by atoms with van der Waals surface area (Å²) in [6, 6.07) is 6.58. The second-order valence-corrected chi connectivity index (χ2v) is 8.43. The standard InChI is InChI=1S/C21H27N3O5S/c1-5-7-13-8-6-9-14(10-13)15(22)17(25)23-21(29-4)19(27)24-16(18(26)28-3)12(2)11-30-20(21)24/h6,8-10,15,20H,5,7,11,22H2,1-4H3,(H,23,25)/t15?,20-,21?/m0/s1. The first kappa shape index (κ1) is 22.3. The van der Waals surface area contributed by atoms with E-state index in [-0.39, 0.29) is 5.70 Å². The predicted octanol–water partition coefficient (Wildman–Crippen LogP) is 1.46. The Morgan fingerprint density at radius 1 is 1.40 bits per heavy atom. The predicted molar refractivity (Wildman–Crippen MR) is 113 cm³/mol. The topological polar surface area (TPSA) is 111 Å². The summed E-state index contributed by atoms with van der Waals surface area (Å²) in [7, 11) is 2.62. The number of carbonyl (C=O) groups is 3. The molecule has 0 aromatic heterocycles. The summed E-state index contributed by atoms with van der Waals surface area (Å²) in [5, 5.41) is 2.11. The van der Waals surface area contributed by atoms with Crippen molar-refractivity contribution in [3.8, 4) is 0 Å². The normalized spacial score (nSPS) is 24.1. The van der Waals surface area contributed by atoms with E-state index >= 15 is 0 Å². The van der Waals surface area contributed by atoms with Gasteiger partial charge in [0.05, 0.1) is 7.11 Å². The molecule has 30 heavy (non-hydrogen) atoms. The fourth-order valence-electron chi connectivity index (χ4n) is 3.76. The van der Waals surface area contributed by atoms with Crippen molar-refractivity contribution < 1.29 is 23.9 Å². The third kappa shape index (κ3) is 3.61. The lowest BCUT2D eigenvalue weighted by Crippen LogP contribution is -2.81. The lowest BCUT2D eigenvalue weighted by atomic mass is 9.96. The minimum Gasteiger partial charge on any atom is -0.464 e. The highest BCUT2D eigenvalue weighted by Gasteiger charge is 2.66. The summed E-state index contributed by atoms with van der Waals surface area (Å²) in [5.74, 6) is -1.14. The Balaban J connectivity index is 1.82. The quantitative estimate of drug-likeness (QED) is 0.380. The maximum Gasteiger partial charge on any atom is 0.354 e. The first-order valence-corrected chi connectivity index (χ1v) is 10.8. The van der Waals surface area contributed by atoms with Crippen molar-refractivity contribution in [3.05, 3.63) is 46.7 Å². The summed E-state index contributed by atoms with van der Waals surface area (Å²) in [5.41, 5.74) is 7.30. The van der Waals surface area contributed by atoms with Crippen LogP contribution in [0.5, 0.6) is 0 Å². The molecule has 3 N–H and O–H groups in total. The van der Waals surface area contributed by atoms with E-state index in [1.54, 1.807) is 13.0 Å². The maximum absolute atomic E-state index is 13.0. The number of nitrogens with one attached hydrogen (secondary N) is 1. The number of nitrogens with two attached hydrogens (primary N) is 1. The smallest absolute Gasteiger partial charge is 0.354 e. The zero-order chi connectivity index (χ0) is 22.1. The van der Waals surface area contributed by atoms with Gasteiger partial charge in [0.25, 0.3) is 11.6 Å². The molecule has 1 aromatic rings. The van der Waals surface area contributed by atoms with E-state index in [0.717, 1.165) is 24.0 Å². The zero-order valence-electron chi connectivity index (χ0n) is 17.6. The van der Waals surface area contributed by atoms with Crippen LogP contribution >= 0.6 is 11.8 Å². The third-order valence-corrected chi connectivity index (χ3v) is 6.82. The number of benzene rings is 1. The Morgan fingerprint density at radius 3 is 2.77 bits per heavy atom. The van der Waals surface area contributed by atoms with E-state index in [9.17, 15) is 14.4 Å². The number of thioether (sulfide) groups is 1. The summed E-state index contributed by atoms with van der Waals surface area (Å²) in [6.45, 7) is 3.85. The van der Waals surface area contributed by atoms with Crippen molar-refractivity contribution in [2.75, 3.05) is 20.0 Å². The fraction of sp³-hybridized carbons (Fsp3) is 0.476. The molecule has 9 heteroatoms. The van der Waals surface area contributed by atoms with Gasteiger partial charge in [-0.15, -0.1) is 11.8 Å². The molecule has 0 saturated carbocycles. The highest BCUT2D eigenvalue weighted by atomic mass is 32.2. The molecule has 8 nitrogen and oxygen atoms in total. The molecule has 3 rings (SSSR count). The molecule has 0 aliphatic carbocycles. The minimum absolute atomic E-state index is 0.199. The molecule has 2 aliphatic rings. The van der Waals surface area contributed by atoms with Crippen LogP contribution in [-0.4, -0.2) is 53.8 Å². The number of esters is 1. The molecule has 2 unspecified atom stereocenters. The highest BCUT2D eigenvalue weighted by molar-refractivity contribution is 8.00. The lowest BCUT2D eigenvalue weighted by Gasteiger charge is -2.56. The van der Waals surface area contributed by atoms with E-state index in [2.05, 4.69) is 12.2 Å². The Bertz CT molecular complexity index is 902. The monoisotopic (exact) mass is 433 g/mol. The Kier molecular flexibility index (Phi) is 6.54. The van der Waals surface area contributed by atoms with Gasteiger partial charge in [-0.1, -0.05) is 37.6 Å². The molecular formula is C21H27N3O5S. The van der Waals surface area contributed by atoms with Crippen molar-refractivity contribution in [1.82, 2.24) is 10.2 Å². The van der Waals surface area contributed by atoms with E-state index in [1.165, 1.54) is 30.9 Å². The zero-order valence-corrected chi connectivity index (χ0v) is 18.4. The number of β-lactam (4-membered cyclic amide) rings is 1. The van der Waals surface area contributed by atoms with Crippen molar-refractivity contribution >= 4 is 29.5 Å². The Morgan fingerprint density at radius 2 is 2.13 bits per heavy atom. The number of nitrogens with zero attached hydrogens (tertiary/aromatic N) is 1. The summed E-state index contributed by atoms with van der Waals surface area (Å²) in [6.07, 6.45) is 1.87. The van der Waals surface area contributed by atoms with Crippen LogP contribution in [-0.2, 0) is 30.3 Å². The van der Waals surface area contributed by atoms with Gasteiger partial charge in [-0.3, -0.25) is 14.5 Å². The number of methoxy groups -OCH3 is 2. The number of hydrogen-bond acceptors (Lipinski definition) is 7. The van der Waals surface area contributed by atoms with Crippen molar-refractivity contribution in [2.45, 2.75) is 43.8 Å². The largest absolute Gasteiger partial charge is 0.464 e. The van der Waals surface area contributed by atoms with Gasteiger partial charge in [0.1, 0.15) is 17.1 Å². The van der Waals surface area contributed by atoms with Gasteiger partial charge in [-0.25, -0.2) is 4.79 Å². The number of amides is 2. The first-order chi connectivity index (χ1) is 14.3.